The minimum absolute atomic E-state index is 0.0549. The molecule has 0 aliphatic heterocycles. The third-order valence-corrected chi connectivity index (χ3v) is 2.28. The lowest BCUT2D eigenvalue weighted by Gasteiger charge is -2.07. The molecule has 94 valence electrons. The molecule has 0 fully saturated rings. The average molecular weight is 247 g/mol. The monoisotopic (exact) mass is 247 g/mol. The van der Waals surface area contributed by atoms with Crippen LogP contribution in [0.3, 0.4) is 0 Å². The van der Waals surface area contributed by atoms with Crippen LogP contribution in [0.5, 0.6) is 5.75 Å². The van der Waals surface area contributed by atoms with Gasteiger partial charge in [-0.2, -0.15) is 4.98 Å². The van der Waals surface area contributed by atoms with Crippen LogP contribution in [0.4, 0.5) is 0 Å². The Kier molecular flexibility index (Phi) is 3.57. The Hall–Kier alpha value is -2.37. The molecule has 0 aliphatic carbocycles. The van der Waals surface area contributed by atoms with E-state index >= 15 is 0 Å². The molecule has 0 bridgehead atoms. The maximum absolute atomic E-state index is 11.1. The van der Waals surface area contributed by atoms with Crippen LogP contribution in [0.15, 0.2) is 28.8 Å². The van der Waals surface area contributed by atoms with E-state index in [2.05, 4.69) is 15.5 Å². The Labute approximate surface area is 104 Å². The van der Waals surface area contributed by atoms with Gasteiger partial charge in [-0.25, -0.2) is 0 Å². The van der Waals surface area contributed by atoms with Crippen LogP contribution >= 0.6 is 0 Å². The van der Waals surface area contributed by atoms with Crippen molar-refractivity contribution in [1.29, 1.82) is 0 Å². The van der Waals surface area contributed by atoms with Crippen molar-refractivity contribution in [3.63, 3.8) is 0 Å². The molecule has 2 rings (SSSR count). The molecule has 1 amide bonds. The predicted octanol–water partition coefficient (Wildman–Crippen LogP) is 1.17. The van der Waals surface area contributed by atoms with Crippen molar-refractivity contribution in [2.45, 2.75) is 6.92 Å². The Morgan fingerprint density at radius 2 is 2.22 bits per heavy atom. The molecule has 1 heterocycles. The van der Waals surface area contributed by atoms with E-state index in [0.29, 0.717) is 23.0 Å². The van der Waals surface area contributed by atoms with Gasteiger partial charge in [0.25, 0.3) is 11.8 Å². The summed E-state index contributed by atoms with van der Waals surface area (Å²) in [5.74, 6) is 1.25. The topological polar surface area (TPSA) is 77.2 Å². The van der Waals surface area contributed by atoms with Crippen molar-refractivity contribution < 1.29 is 14.1 Å². The summed E-state index contributed by atoms with van der Waals surface area (Å²) in [5.41, 5.74) is 0.669. The van der Waals surface area contributed by atoms with E-state index in [-0.39, 0.29) is 12.5 Å². The molecule has 0 radical (unpaired) electrons. The fourth-order valence-corrected chi connectivity index (χ4v) is 1.39. The van der Waals surface area contributed by atoms with Gasteiger partial charge in [0.05, 0.1) is 5.56 Å². The molecule has 6 nitrogen and oxygen atoms in total. The molecule has 0 spiro atoms. The number of amides is 1. The van der Waals surface area contributed by atoms with E-state index < -0.39 is 0 Å². The molecule has 0 saturated carbocycles. The van der Waals surface area contributed by atoms with Crippen molar-refractivity contribution in [3.05, 3.63) is 30.1 Å². The lowest BCUT2D eigenvalue weighted by molar-refractivity contribution is -0.122. The number of likely N-dealkylation sites (N-methyl/N-ethyl adjacent to an activating group) is 1. The maximum Gasteiger partial charge on any atom is 0.261 e. The molecular weight excluding hydrogens is 234 g/mol. The Morgan fingerprint density at radius 1 is 1.44 bits per heavy atom. The van der Waals surface area contributed by atoms with E-state index in [1.54, 1.807) is 26.1 Å². The van der Waals surface area contributed by atoms with Gasteiger partial charge < -0.3 is 14.6 Å². The van der Waals surface area contributed by atoms with Gasteiger partial charge in [-0.1, -0.05) is 17.3 Å². The first-order valence-corrected chi connectivity index (χ1v) is 5.44. The number of carbonyl (C=O) groups is 1. The number of aryl methyl sites for hydroxylation is 1. The van der Waals surface area contributed by atoms with E-state index in [1.807, 2.05) is 12.1 Å². The summed E-state index contributed by atoms with van der Waals surface area (Å²) in [5, 5.41) is 6.21. The number of hydrogen-bond donors (Lipinski definition) is 1. The molecule has 1 aromatic heterocycles. The van der Waals surface area contributed by atoms with E-state index in [1.165, 1.54) is 0 Å². The summed E-state index contributed by atoms with van der Waals surface area (Å²) in [4.78, 5) is 15.3. The molecule has 1 N–H and O–H groups in total. The molecule has 0 aliphatic rings. The maximum atomic E-state index is 11.1. The summed E-state index contributed by atoms with van der Waals surface area (Å²) < 4.78 is 10.5. The van der Waals surface area contributed by atoms with Crippen molar-refractivity contribution in [1.82, 2.24) is 15.5 Å². The van der Waals surface area contributed by atoms with Gasteiger partial charge in [0.15, 0.2) is 12.4 Å². The van der Waals surface area contributed by atoms with Gasteiger partial charge in [0, 0.05) is 7.05 Å². The molecule has 0 atom stereocenters. The van der Waals surface area contributed by atoms with Crippen LogP contribution in [0.2, 0.25) is 0 Å². The smallest absolute Gasteiger partial charge is 0.261 e. The minimum Gasteiger partial charge on any atom is -0.483 e. The second kappa shape index (κ2) is 5.31. The zero-order valence-electron chi connectivity index (χ0n) is 10.1. The molecule has 18 heavy (non-hydrogen) atoms. The van der Waals surface area contributed by atoms with Crippen LogP contribution in [-0.4, -0.2) is 29.7 Å². The zero-order chi connectivity index (χ0) is 13.0. The Bertz CT molecular complexity index is 551. The highest BCUT2D eigenvalue weighted by atomic mass is 16.5. The van der Waals surface area contributed by atoms with Crippen LogP contribution < -0.4 is 10.1 Å². The molecular formula is C12H13N3O3. The highest BCUT2D eigenvalue weighted by Crippen LogP contribution is 2.28. The van der Waals surface area contributed by atoms with Crippen LogP contribution in [-0.2, 0) is 4.79 Å². The summed E-state index contributed by atoms with van der Waals surface area (Å²) in [6.07, 6.45) is 0. The number of hydrogen-bond acceptors (Lipinski definition) is 5. The molecule has 1 aromatic carbocycles. The summed E-state index contributed by atoms with van der Waals surface area (Å²) in [6.45, 7) is 1.68. The first kappa shape index (κ1) is 12.1. The lowest BCUT2D eigenvalue weighted by atomic mass is 10.2. The number of rotatable bonds is 4. The van der Waals surface area contributed by atoms with Gasteiger partial charge in [0.1, 0.15) is 5.75 Å². The lowest BCUT2D eigenvalue weighted by Crippen LogP contribution is -2.24. The second-order valence-corrected chi connectivity index (χ2v) is 3.60. The van der Waals surface area contributed by atoms with Crippen molar-refractivity contribution in [2.24, 2.45) is 0 Å². The first-order chi connectivity index (χ1) is 8.70. The number of nitrogens with one attached hydrogen (secondary N) is 1. The number of benzene rings is 1. The largest absolute Gasteiger partial charge is 0.483 e. The number of nitrogens with zero attached hydrogens (tertiary/aromatic N) is 2. The molecule has 2 aromatic rings. The van der Waals surface area contributed by atoms with Crippen LogP contribution in [0.1, 0.15) is 5.82 Å². The normalized spacial score (nSPS) is 10.1. The van der Waals surface area contributed by atoms with Crippen LogP contribution in [0.25, 0.3) is 11.5 Å². The molecule has 6 heteroatoms. The second-order valence-electron chi connectivity index (χ2n) is 3.60. The van der Waals surface area contributed by atoms with Gasteiger partial charge in [-0.15, -0.1) is 0 Å². The first-order valence-electron chi connectivity index (χ1n) is 5.44. The van der Waals surface area contributed by atoms with Crippen LogP contribution in [0, 0.1) is 6.92 Å². The molecule has 0 saturated heterocycles. The fourth-order valence-electron chi connectivity index (χ4n) is 1.39. The Morgan fingerprint density at radius 3 is 2.89 bits per heavy atom. The van der Waals surface area contributed by atoms with Gasteiger partial charge >= 0.3 is 0 Å². The number of carbonyl (C=O) groups excluding carboxylic acids is 1. The van der Waals surface area contributed by atoms with Gasteiger partial charge in [-0.05, 0) is 19.1 Å². The van der Waals surface area contributed by atoms with E-state index in [4.69, 9.17) is 9.26 Å². The minimum atomic E-state index is -0.202. The van der Waals surface area contributed by atoms with Gasteiger partial charge in [0.2, 0.25) is 0 Å². The predicted molar refractivity (Wildman–Crippen MR) is 64.0 cm³/mol. The van der Waals surface area contributed by atoms with E-state index in [0.717, 1.165) is 0 Å². The Balaban J connectivity index is 2.23. The van der Waals surface area contributed by atoms with E-state index in [9.17, 15) is 4.79 Å². The molecule has 0 unspecified atom stereocenters. The van der Waals surface area contributed by atoms with Gasteiger partial charge in [-0.3, -0.25) is 4.79 Å². The summed E-state index contributed by atoms with van der Waals surface area (Å²) >= 11 is 0. The summed E-state index contributed by atoms with van der Waals surface area (Å²) in [6, 6.07) is 7.19. The third-order valence-electron chi connectivity index (χ3n) is 2.28. The number of ether oxygens (including phenoxy) is 1. The quantitative estimate of drug-likeness (QED) is 0.877. The standard InChI is InChI=1S/C12H13N3O3/c1-8-14-12(18-15-8)9-5-3-4-6-10(9)17-7-11(16)13-2/h3-6H,7H2,1-2H3,(H,13,16). The number of para-hydroxylation sites is 1. The van der Waals surface area contributed by atoms with Crippen molar-refractivity contribution in [2.75, 3.05) is 13.7 Å². The summed E-state index contributed by atoms with van der Waals surface area (Å²) in [7, 11) is 1.55. The van der Waals surface area contributed by atoms with Crippen molar-refractivity contribution >= 4 is 5.91 Å². The highest BCUT2D eigenvalue weighted by molar-refractivity contribution is 5.77. The third kappa shape index (κ3) is 2.65. The van der Waals surface area contributed by atoms with Crippen molar-refractivity contribution in [3.8, 4) is 17.2 Å². The number of aromatic nitrogens is 2. The average Bonchev–Trinajstić information content (AvgIpc) is 2.83. The SMILES string of the molecule is CNC(=O)COc1ccccc1-c1nc(C)no1. The fraction of sp³-hybridized carbons (Fsp3) is 0.250. The zero-order valence-corrected chi connectivity index (χ0v) is 10.1. The highest BCUT2D eigenvalue weighted by Gasteiger charge is 2.12.